The summed E-state index contributed by atoms with van der Waals surface area (Å²) in [5.74, 6) is -0.947. The lowest BCUT2D eigenvalue weighted by atomic mass is 10.1. The van der Waals surface area contributed by atoms with E-state index in [1.54, 1.807) is 0 Å². The van der Waals surface area contributed by atoms with Gasteiger partial charge in [0, 0.05) is 0 Å². The van der Waals surface area contributed by atoms with Crippen LogP contribution in [-0.2, 0) is 14.4 Å². The second kappa shape index (κ2) is 4.74. The SMILES string of the molecule is CC(C)C(Br)C(=O)N1CC(=O)NC(=O)C1. The third-order valence-electron chi connectivity index (χ3n) is 2.08. The fourth-order valence-electron chi connectivity index (χ4n) is 1.25. The highest BCUT2D eigenvalue weighted by atomic mass is 79.9. The van der Waals surface area contributed by atoms with Crippen molar-refractivity contribution in [3.05, 3.63) is 0 Å². The lowest BCUT2D eigenvalue weighted by Gasteiger charge is -2.28. The molecule has 0 spiro atoms. The zero-order chi connectivity index (χ0) is 11.6. The zero-order valence-electron chi connectivity index (χ0n) is 8.62. The summed E-state index contributed by atoms with van der Waals surface area (Å²) >= 11 is 3.25. The molecule has 6 heteroatoms. The van der Waals surface area contributed by atoms with Crippen LogP contribution < -0.4 is 5.32 Å². The number of halogens is 1. The highest BCUT2D eigenvalue weighted by Gasteiger charge is 2.30. The molecule has 1 saturated heterocycles. The molecule has 0 aromatic rings. The van der Waals surface area contributed by atoms with E-state index in [0.717, 1.165) is 0 Å². The number of carbonyl (C=O) groups is 3. The molecule has 1 atom stereocenters. The Balaban J connectivity index is 2.67. The highest BCUT2D eigenvalue weighted by Crippen LogP contribution is 2.15. The van der Waals surface area contributed by atoms with Gasteiger partial charge in [0.1, 0.15) is 13.1 Å². The number of amides is 3. The molecule has 3 amide bonds. The summed E-state index contributed by atoms with van der Waals surface area (Å²) in [6.45, 7) is 3.70. The minimum atomic E-state index is -0.428. The molecule has 1 aliphatic heterocycles. The van der Waals surface area contributed by atoms with Gasteiger partial charge in [0.05, 0.1) is 4.83 Å². The fourth-order valence-corrected chi connectivity index (χ4v) is 1.54. The van der Waals surface area contributed by atoms with Crippen LogP contribution in [0.1, 0.15) is 13.8 Å². The molecule has 0 radical (unpaired) electrons. The molecule has 5 nitrogen and oxygen atoms in total. The van der Waals surface area contributed by atoms with Gasteiger partial charge >= 0.3 is 0 Å². The quantitative estimate of drug-likeness (QED) is 0.566. The molecule has 1 N–H and O–H groups in total. The average Bonchev–Trinajstić information content (AvgIpc) is 2.13. The normalized spacial score (nSPS) is 19.1. The van der Waals surface area contributed by atoms with Crippen LogP contribution in [0.2, 0.25) is 0 Å². The first-order valence-corrected chi connectivity index (χ1v) is 5.59. The minimum absolute atomic E-state index is 0.0423. The van der Waals surface area contributed by atoms with Crippen LogP contribution in [0.25, 0.3) is 0 Å². The molecular formula is C9H13BrN2O3. The van der Waals surface area contributed by atoms with E-state index < -0.39 is 11.8 Å². The second-order valence-electron chi connectivity index (χ2n) is 3.81. The Labute approximate surface area is 96.3 Å². The maximum Gasteiger partial charge on any atom is 0.246 e. The summed E-state index contributed by atoms with van der Waals surface area (Å²) in [7, 11) is 0. The van der Waals surface area contributed by atoms with E-state index in [2.05, 4.69) is 21.2 Å². The van der Waals surface area contributed by atoms with E-state index >= 15 is 0 Å². The Bertz CT molecular complexity index is 288. The predicted molar refractivity (Wildman–Crippen MR) is 57.3 cm³/mol. The Morgan fingerprint density at radius 3 is 2.20 bits per heavy atom. The van der Waals surface area contributed by atoms with Gasteiger partial charge in [-0.25, -0.2) is 0 Å². The number of nitrogens with zero attached hydrogens (tertiary/aromatic N) is 1. The van der Waals surface area contributed by atoms with Crippen molar-refractivity contribution in [2.24, 2.45) is 5.92 Å². The first kappa shape index (κ1) is 12.2. The first-order valence-electron chi connectivity index (χ1n) is 4.67. The molecule has 0 aromatic carbocycles. The third-order valence-corrected chi connectivity index (χ3v) is 3.53. The Kier molecular flexibility index (Phi) is 3.84. The molecule has 1 unspecified atom stereocenters. The summed E-state index contributed by atoms with van der Waals surface area (Å²) in [4.78, 5) is 34.8. The summed E-state index contributed by atoms with van der Waals surface area (Å²) in [5.41, 5.74) is 0. The molecule has 1 heterocycles. The number of rotatable bonds is 2. The Morgan fingerprint density at radius 2 is 1.80 bits per heavy atom. The van der Waals surface area contributed by atoms with Crippen LogP contribution in [0, 0.1) is 5.92 Å². The van der Waals surface area contributed by atoms with Crippen molar-refractivity contribution < 1.29 is 14.4 Å². The van der Waals surface area contributed by atoms with Crippen molar-refractivity contribution in [3.63, 3.8) is 0 Å². The standard InChI is InChI=1S/C9H13BrN2O3/c1-5(2)8(10)9(15)12-3-6(13)11-7(14)4-12/h5,8H,3-4H2,1-2H3,(H,11,13,14). The molecule has 0 aliphatic carbocycles. The van der Waals surface area contributed by atoms with Crippen LogP contribution in [0.3, 0.4) is 0 Å². The van der Waals surface area contributed by atoms with E-state index in [1.807, 2.05) is 13.8 Å². The first-order chi connectivity index (χ1) is 6.91. The monoisotopic (exact) mass is 276 g/mol. The van der Waals surface area contributed by atoms with Crippen LogP contribution in [-0.4, -0.2) is 40.5 Å². The Hall–Kier alpha value is -0.910. The average molecular weight is 277 g/mol. The van der Waals surface area contributed by atoms with Gasteiger partial charge in [0.2, 0.25) is 17.7 Å². The number of hydrogen-bond acceptors (Lipinski definition) is 3. The summed E-state index contributed by atoms with van der Waals surface area (Å²) in [5, 5.41) is 2.15. The highest BCUT2D eigenvalue weighted by molar-refractivity contribution is 9.10. The number of carbonyl (C=O) groups excluding carboxylic acids is 3. The summed E-state index contributed by atoms with van der Waals surface area (Å²) in [6, 6.07) is 0. The summed E-state index contributed by atoms with van der Waals surface area (Å²) < 4.78 is 0. The van der Waals surface area contributed by atoms with Crippen LogP contribution in [0.5, 0.6) is 0 Å². The maximum absolute atomic E-state index is 11.8. The molecular weight excluding hydrogens is 264 g/mol. The molecule has 15 heavy (non-hydrogen) atoms. The van der Waals surface area contributed by atoms with E-state index in [-0.39, 0.29) is 29.7 Å². The number of nitrogens with one attached hydrogen (secondary N) is 1. The van der Waals surface area contributed by atoms with Gasteiger partial charge < -0.3 is 4.90 Å². The smallest absolute Gasteiger partial charge is 0.246 e. The van der Waals surface area contributed by atoms with E-state index in [1.165, 1.54) is 4.90 Å². The number of imide groups is 1. The molecule has 84 valence electrons. The predicted octanol–water partition coefficient (Wildman–Crippen LogP) is -0.109. The largest absolute Gasteiger partial charge is 0.323 e. The molecule has 1 rings (SSSR count). The van der Waals surface area contributed by atoms with Crippen molar-refractivity contribution in [1.82, 2.24) is 10.2 Å². The van der Waals surface area contributed by atoms with Crippen LogP contribution >= 0.6 is 15.9 Å². The number of piperazine rings is 1. The van der Waals surface area contributed by atoms with E-state index in [4.69, 9.17) is 0 Å². The zero-order valence-corrected chi connectivity index (χ0v) is 10.2. The van der Waals surface area contributed by atoms with Gasteiger partial charge in [-0.15, -0.1) is 0 Å². The van der Waals surface area contributed by atoms with Crippen molar-refractivity contribution in [2.45, 2.75) is 18.7 Å². The van der Waals surface area contributed by atoms with Gasteiger partial charge in [-0.2, -0.15) is 0 Å². The van der Waals surface area contributed by atoms with Gasteiger partial charge in [0.15, 0.2) is 0 Å². The van der Waals surface area contributed by atoms with Gasteiger partial charge in [-0.05, 0) is 5.92 Å². The van der Waals surface area contributed by atoms with Crippen molar-refractivity contribution in [1.29, 1.82) is 0 Å². The van der Waals surface area contributed by atoms with Crippen LogP contribution in [0.4, 0.5) is 0 Å². The van der Waals surface area contributed by atoms with Crippen molar-refractivity contribution in [2.75, 3.05) is 13.1 Å². The minimum Gasteiger partial charge on any atom is -0.323 e. The molecule has 0 bridgehead atoms. The molecule has 1 fully saturated rings. The fraction of sp³-hybridized carbons (Fsp3) is 0.667. The Morgan fingerprint density at radius 1 is 1.33 bits per heavy atom. The van der Waals surface area contributed by atoms with E-state index in [0.29, 0.717) is 0 Å². The van der Waals surface area contributed by atoms with Crippen LogP contribution in [0.15, 0.2) is 0 Å². The van der Waals surface area contributed by atoms with Crippen molar-refractivity contribution >= 4 is 33.7 Å². The number of alkyl halides is 1. The topological polar surface area (TPSA) is 66.5 Å². The van der Waals surface area contributed by atoms with Crippen molar-refractivity contribution in [3.8, 4) is 0 Å². The van der Waals surface area contributed by atoms with E-state index in [9.17, 15) is 14.4 Å². The maximum atomic E-state index is 11.8. The lowest BCUT2D eigenvalue weighted by Crippen LogP contribution is -2.55. The molecule has 1 aliphatic rings. The van der Waals surface area contributed by atoms with Gasteiger partial charge in [-0.1, -0.05) is 29.8 Å². The second-order valence-corrected chi connectivity index (χ2v) is 4.80. The lowest BCUT2D eigenvalue weighted by molar-refractivity contribution is -0.145. The molecule has 0 aromatic heterocycles. The summed E-state index contributed by atoms with van der Waals surface area (Å²) in [6.07, 6.45) is 0. The van der Waals surface area contributed by atoms with Gasteiger partial charge in [0.25, 0.3) is 0 Å². The van der Waals surface area contributed by atoms with Gasteiger partial charge in [-0.3, -0.25) is 19.7 Å². The molecule has 0 saturated carbocycles. The third kappa shape index (κ3) is 3.02. The number of hydrogen-bond donors (Lipinski definition) is 1.